The summed E-state index contributed by atoms with van der Waals surface area (Å²) in [5.74, 6) is 0.319. The van der Waals surface area contributed by atoms with Gasteiger partial charge >= 0.3 is 0 Å². The van der Waals surface area contributed by atoms with E-state index in [1.807, 2.05) is 24.0 Å². The first-order chi connectivity index (χ1) is 14.0. The molecular weight excluding hydrogens is 384 g/mol. The van der Waals surface area contributed by atoms with E-state index in [1.54, 1.807) is 6.08 Å². The van der Waals surface area contributed by atoms with Crippen LogP contribution in [0.1, 0.15) is 26.7 Å². The van der Waals surface area contributed by atoms with E-state index in [-0.39, 0.29) is 11.8 Å². The fraction of sp³-hybridized carbons (Fsp3) is 0.565. The van der Waals surface area contributed by atoms with Crippen molar-refractivity contribution < 1.29 is 4.79 Å². The zero-order valence-electron chi connectivity index (χ0n) is 17.7. The Morgan fingerprint density at radius 2 is 1.79 bits per heavy atom. The van der Waals surface area contributed by atoms with Crippen molar-refractivity contribution in [3.63, 3.8) is 0 Å². The minimum atomic E-state index is 0.0343. The van der Waals surface area contributed by atoms with Crippen LogP contribution in [-0.2, 0) is 4.79 Å². The lowest BCUT2D eigenvalue weighted by atomic mass is 10.0. The Balaban J connectivity index is 1.42. The van der Waals surface area contributed by atoms with Crippen molar-refractivity contribution in [1.82, 2.24) is 9.80 Å². The summed E-state index contributed by atoms with van der Waals surface area (Å²) in [6.07, 6.45) is 3.69. The van der Waals surface area contributed by atoms with E-state index < -0.39 is 0 Å². The standard InChI is InChI=1S/C23H33ClN4O/c1-4-19(3)25-21-9-11-28(12-10-21)23(29)18(2)17-26-13-15-27(16-14-26)22-7-5-20(24)6-8-22/h4-8,18,21H,1,9-17H2,2-3H3. The molecule has 0 aromatic heterocycles. The highest BCUT2D eigenvalue weighted by atomic mass is 35.5. The minimum Gasteiger partial charge on any atom is -0.369 e. The number of hydrogen-bond donors (Lipinski definition) is 0. The summed E-state index contributed by atoms with van der Waals surface area (Å²) in [7, 11) is 0. The lowest BCUT2D eigenvalue weighted by molar-refractivity contribution is -0.136. The molecule has 2 aliphatic rings. The third-order valence-electron chi connectivity index (χ3n) is 5.98. The third-order valence-corrected chi connectivity index (χ3v) is 6.23. The lowest BCUT2D eigenvalue weighted by Gasteiger charge is -2.38. The molecule has 2 fully saturated rings. The van der Waals surface area contributed by atoms with Crippen LogP contribution in [0.4, 0.5) is 5.69 Å². The number of carbonyl (C=O) groups excluding carboxylic acids is 1. The molecule has 29 heavy (non-hydrogen) atoms. The summed E-state index contributed by atoms with van der Waals surface area (Å²) in [6, 6.07) is 8.37. The second-order valence-electron chi connectivity index (χ2n) is 8.20. The molecule has 1 atom stereocenters. The molecule has 0 radical (unpaired) electrons. The SMILES string of the molecule is C=CC(C)=NC1CCN(C(=O)C(C)CN2CCN(c3ccc(Cl)cc3)CC2)CC1. The Kier molecular flexibility index (Phi) is 7.73. The number of piperidine rings is 1. The first-order valence-electron chi connectivity index (χ1n) is 10.6. The number of allylic oxidation sites excluding steroid dienone is 1. The maximum Gasteiger partial charge on any atom is 0.226 e. The van der Waals surface area contributed by atoms with Gasteiger partial charge in [0.2, 0.25) is 5.91 Å². The molecule has 0 saturated carbocycles. The summed E-state index contributed by atoms with van der Waals surface area (Å²) in [5.41, 5.74) is 2.20. The van der Waals surface area contributed by atoms with Gasteiger partial charge in [0.15, 0.2) is 0 Å². The van der Waals surface area contributed by atoms with Gasteiger partial charge in [-0.1, -0.05) is 25.1 Å². The number of anilines is 1. The summed E-state index contributed by atoms with van der Waals surface area (Å²) in [4.78, 5) is 24.4. The van der Waals surface area contributed by atoms with Crippen LogP contribution < -0.4 is 4.90 Å². The Labute approximate surface area is 180 Å². The Morgan fingerprint density at radius 1 is 1.17 bits per heavy atom. The first kappa shape index (κ1) is 21.8. The van der Waals surface area contributed by atoms with Crippen molar-refractivity contribution >= 4 is 28.9 Å². The summed E-state index contributed by atoms with van der Waals surface area (Å²) >= 11 is 5.99. The van der Waals surface area contributed by atoms with Gasteiger partial charge in [-0.05, 0) is 50.1 Å². The van der Waals surface area contributed by atoms with Crippen LogP contribution in [0.2, 0.25) is 5.02 Å². The third kappa shape index (κ3) is 6.06. The van der Waals surface area contributed by atoms with Crippen LogP contribution in [0.5, 0.6) is 0 Å². The van der Waals surface area contributed by atoms with Crippen molar-refractivity contribution in [2.75, 3.05) is 50.7 Å². The van der Waals surface area contributed by atoms with E-state index in [4.69, 9.17) is 11.6 Å². The maximum absolute atomic E-state index is 12.9. The summed E-state index contributed by atoms with van der Waals surface area (Å²) < 4.78 is 0. The van der Waals surface area contributed by atoms with Crippen molar-refractivity contribution in [2.45, 2.75) is 32.7 Å². The maximum atomic E-state index is 12.9. The number of carbonyl (C=O) groups is 1. The van der Waals surface area contributed by atoms with E-state index >= 15 is 0 Å². The van der Waals surface area contributed by atoms with Crippen LogP contribution in [0, 0.1) is 5.92 Å². The topological polar surface area (TPSA) is 39.2 Å². The molecular formula is C23H33ClN4O. The van der Waals surface area contributed by atoms with E-state index in [1.165, 1.54) is 5.69 Å². The van der Waals surface area contributed by atoms with Gasteiger partial charge in [0.1, 0.15) is 0 Å². The van der Waals surface area contributed by atoms with Gasteiger partial charge in [0, 0.05) is 68.2 Å². The molecule has 0 N–H and O–H groups in total. The molecule has 2 saturated heterocycles. The molecule has 3 rings (SSSR count). The average molecular weight is 417 g/mol. The highest BCUT2D eigenvalue weighted by molar-refractivity contribution is 6.30. The van der Waals surface area contributed by atoms with Crippen LogP contribution in [0.3, 0.4) is 0 Å². The van der Waals surface area contributed by atoms with Crippen molar-refractivity contribution in [3.8, 4) is 0 Å². The molecule has 0 aliphatic carbocycles. The molecule has 2 heterocycles. The van der Waals surface area contributed by atoms with Crippen LogP contribution in [0.15, 0.2) is 41.9 Å². The fourth-order valence-corrected chi connectivity index (χ4v) is 4.30. The van der Waals surface area contributed by atoms with Crippen molar-refractivity contribution in [3.05, 3.63) is 41.9 Å². The highest BCUT2D eigenvalue weighted by Gasteiger charge is 2.28. The summed E-state index contributed by atoms with van der Waals surface area (Å²) in [6.45, 7) is 14.2. The van der Waals surface area contributed by atoms with E-state index in [9.17, 15) is 4.79 Å². The molecule has 2 aliphatic heterocycles. The largest absolute Gasteiger partial charge is 0.369 e. The second-order valence-corrected chi connectivity index (χ2v) is 8.63. The zero-order valence-corrected chi connectivity index (χ0v) is 18.4. The van der Waals surface area contributed by atoms with Gasteiger partial charge in [0.25, 0.3) is 0 Å². The quantitative estimate of drug-likeness (QED) is 0.663. The zero-order chi connectivity index (χ0) is 20.8. The number of benzene rings is 1. The number of amides is 1. The fourth-order valence-electron chi connectivity index (χ4n) is 4.17. The number of piperazine rings is 1. The highest BCUT2D eigenvalue weighted by Crippen LogP contribution is 2.21. The van der Waals surface area contributed by atoms with Gasteiger partial charge in [0.05, 0.1) is 6.04 Å². The predicted octanol–water partition coefficient (Wildman–Crippen LogP) is 3.74. The van der Waals surface area contributed by atoms with Crippen molar-refractivity contribution in [2.24, 2.45) is 10.9 Å². The molecule has 1 aromatic rings. The Bertz CT molecular complexity index is 717. The molecule has 6 heteroatoms. The van der Waals surface area contributed by atoms with Gasteiger partial charge in [-0.3, -0.25) is 14.7 Å². The van der Waals surface area contributed by atoms with Crippen LogP contribution in [0.25, 0.3) is 0 Å². The number of likely N-dealkylation sites (tertiary alicyclic amines) is 1. The number of hydrogen-bond acceptors (Lipinski definition) is 4. The van der Waals surface area contributed by atoms with E-state index in [2.05, 4.69) is 40.4 Å². The van der Waals surface area contributed by atoms with Crippen LogP contribution in [-0.4, -0.2) is 73.3 Å². The smallest absolute Gasteiger partial charge is 0.226 e. The number of aliphatic imine (C=N–C) groups is 1. The Hall–Kier alpha value is -1.85. The van der Waals surface area contributed by atoms with E-state index in [0.29, 0.717) is 6.04 Å². The second kappa shape index (κ2) is 10.3. The molecule has 5 nitrogen and oxygen atoms in total. The molecule has 0 bridgehead atoms. The van der Waals surface area contributed by atoms with E-state index in [0.717, 1.165) is 69.4 Å². The summed E-state index contributed by atoms with van der Waals surface area (Å²) in [5, 5.41) is 0.770. The van der Waals surface area contributed by atoms with Gasteiger partial charge in [-0.2, -0.15) is 0 Å². The first-order valence-corrected chi connectivity index (χ1v) is 11.0. The normalized spacial score (nSPS) is 20.6. The van der Waals surface area contributed by atoms with Gasteiger partial charge < -0.3 is 9.80 Å². The molecule has 0 spiro atoms. The number of rotatable bonds is 6. The molecule has 1 unspecified atom stereocenters. The van der Waals surface area contributed by atoms with Gasteiger partial charge in [-0.25, -0.2) is 0 Å². The minimum absolute atomic E-state index is 0.0343. The Morgan fingerprint density at radius 3 is 2.38 bits per heavy atom. The van der Waals surface area contributed by atoms with Crippen LogP contribution >= 0.6 is 11.6 Å². The molecule has 158 valence electrons. The van der Waals surface area contributed by atoms with Gasteiger partial charge in [-0.15, -0.1) is 0 Å². The predicted molar refractivity (Wildman–Crippen MR) is 122 cm³/mol. The van der Waals surface area contributed by atoms with Crippen molar-refractivity contribution in [1.29, 1.82) is 0 Å². The molecule has 1 amide bonds. The number of halogens is 1. The number of nitrogens with zero attached hydrogens (tertiary/aromatic N) is 4. The lowest BCUT2D eigenvalue weighted by Crippen LogP contribution is -2.50. The average Bonchev–Trinajstić information content (AvgIpc) is 2.75. The monoisotopic (exact) mass is 416 g/mol. The molecule has 1 aromatic carbocycles.